The Morgan fingerprint density at radius 3 is 2.67 bits per heavy atom. The zero-order valence-corrected chi connectivity index (χ0v) is 16.4. The molecule has 2 aromatic heterocycles. The van der Waals surface area contributed by atoms with Crippen LogP contribution in [0, 0.1) is 0 Å². The second-order valence-corrected chi connectivity index (χ2v) is 8.37. The first-order valence-corrected chi connectivity index (χ1v) is 10.2. The molecule has 1 fully saturated rings. The van der Waals surface area contributed by atoms with E-state index in [1.54, 1.807) is 6.20 Å². The minimum Gasteiger partial charge on any atom is -0.366 e. The number of hydrogen-bond acceptors (Lipinski definition) is 4. The molecule has 0 radical (unpaired) electrons. The maximum Gasteiger partial charge on any atom is 0.176 e. The third-order valence-corrected chi connectivity index (χ3v) is 6.51. The van der Waals surface area contributed by atoms with E-state index in [0.29, 0.717) is 11.6 Å². The Hall–Kier alpha value is -1.82. The van der Waals surface area contributed by atoms with Crippen molar-refractivity contribution in [2.45, 2.75) is 37.6 Å². The van der Waals surface area contributed by atoms with Crippen LogP contribution in [-0.4, -0.2) is 27.7 Å². The number of benzene rings is 1. The summed E-state index contributed by atoms with van der Waals surface area (Å²) in [6.45, 7) is 2.80. The Labute approximate surface area is 168 Å². The van der Waals surface area contributed by atoms with Crippen LogP contribution >= 0.6 is 23.2 Å². The molecule has 2 N–H and O–H groups in total. The van der Waals surface area contributed by atoms with Gasteiger partial charge in [0.15, 0.2) is 5.65 Å². The molecule has 140 valence electrons. The second-order valence-electron chi connectivity index (χ2n) is 7.53. The first kappa shape index (κ1) is 17.3. The van der Waals surface area contributed by atoms with Gasteiger partial charge in [-0.25, -0.2) is 4.98 Å². The molecule has 7 heteroatoms. The largest absolute Gasteiger partial charge is 0.366 e. The van der Waals surface area contributed by atoms with Gasteiger partial charge in [0, 0.05) is 22.5 Å². The second kappa shape index (κ2) is 6.66. The van der Waals surface area contributed by atoms with Crippen LogP contribution in [-0.2, 0) is 18.4 Å². The molecule has 0 amide bonds. The Balaban J connectivity index is 1.58. The summed E-state index contributed by atoms with van der Waals surface area (Å²) in [5.41, 5.74) is 4.60. The Morgan fingerprint density at radius 1 is 1.11 bits per heavy atom. The van der Waals surface area contributed by atoms with E-state index in [2.05, 4.69) is 15.7 Å². The summed E-state index contributed by atoms with van der Waals surface area (Å²) in [5.74, 6) is 1.02. The van der Waals surface area contributed by atoms with Crippen LogP contribution in [0.25, 0.3) is 5.65 Å². The van der Waals surface area contributed by atoms with Crippen LogP contribution in [0.15, 0.2) is 30.5 Å². The smallest absolute Gasteiger partial charge is 0.176 e. The molecule has 5 nitrogen and oxygen atoms in total. The summed E-state index contributed by atoms with van der Waals surface area (Å²) < 4.78 is 1.86. The number of nitrogens with zero attached hydrogens (tertiary/aromatic N) is 3. The van der Waals surface area contributed by atoms with E-state index < -0.39 is 0 Å². The molecule has 5 rings (SSSR count). The van der Waals surface area contributed by atoms with Crippen LogP contribution < -0.4 is 10.6 Å². The molecule has 3 heterocycles. The van der Waals surface area contributed by atoms with Gasteiger partial charge in [0.2, 0.25) is 0 Å². The summed E-state index contributed by atoms with van der Waals surface area (Å²) in [4.78, 5) is 5.00. The van der Waals surface area contributed by atoms with E-state index in [-0.39, 0.29) is 5.41 Å². The minimum atomic E-state index is 0.173. The Bertz CT molecular complexity index is 990. The molecule has 1 aliphatic heterocycles. The molecular formula is C20H21Cl2N5. The molecule has 0 atom stereocenters. The predicted octanol–water partition coefficient (Wildman–Crippen LogP) is 4.22. The lowest BCUT2D eigenvalue weighted by molar-refractivity contribution is 0.301. The van der Waals surface area contributed by atoms with Gasteiger partial charge in [-0.3, -0.25) is 0 Å². The lowest BCUT2D eigenvalue weighted by Crippen LogP contribution is -2.39. The van der Waals surface area contributed by atoms with E-state index >= 15 is 0 Å². The summed E-state index contributed by atoms with van der Waals surface area (Å²) in [6, 6.07) is 7.91. The highest BCUT2D eigenvalue weighted by Gasteiger charge is 2.43. The quantitative estimate of drug-likeness (QED) is 0.689. The minimum absolute atomic E-state index is 0.173. The molecule has 1 saturated heterocycles. The molecule has 0 bridgehead atoms. The van der Waals surface area contributed by atoms with Gasteiger partial charge >= 0.3 is 0 Å². The van der Waals surface area contributed by atoms with Crippen molar-refractivity contribution in [1.29, 1.82) is 0 Å². The molecular weight excluding hydrogens is 381 g/mol. The Morgan fingerprint density at radius 2 is 1.89 bits per heavy atom. The fourth-order valence-corrected chi connectivity index (χ4v) is 4.81. The van der Waals surface area contributed by atoms with Crippen molar-refractivity contribution in [3.8, 4) is 0 Å². The zero-order valence-electron chi connectivity index (χ0n) is 14.9. The lowest BCUT2D eigenvalue weighted by Gasteiger charge is -2.34. The normalized spacial score (nSPS) is 18.1. The van der Waals surface area contributed by atoms with Crippen LogP contribution in [0.2, 0.25) is 10.0 Å². The third kappa shape index (κ3) is 2.89. The van der Waals surface area contributed by atoms with Crippen molar-refractivity contribution >= 4 is 34.7 Å². The van der Waals surface area contributed by atoms with Gasteiger partial charge in [-0.05, 0) is 56.5 Å². The fraction of sp³-hybridized carbons (Fsp3) is 0.400. The molecule has 0 saturated carbocycles. The molecule has 1 spiro atoms. The van der Waals surface area contributed by atoms with Crippen molar-refractivity contribution in [3.63, 3.8) is 0 Å². The van der Waals surface area contributed by atoms with Gasteiger partial charge < -0.3 is 10.6 Å². The van der Waals surface area contributed by atoms with Gasteiger partial charge in [-0.2, -0.15) is 9.61 Å². The summed E-state index contributed by atoms with van der Waals surface area (Å²) in [7, 11) is 0. The van der Waals surface area contributed by atoms with Crippen LogP contribution in [0.3, 0.4) is 0 Å². The van der Waals surface area contributed by atoms with E-state index in [1.807, 2.05) is 28.8 Å². The monoisotopic (exact) mass is 401 g/mol. The van der Waals surface area contributed by atoms with Gasteiger partial charge in [0.05, 0.1) is 11.9 Å². The number of anilines is 1. The standard InChI is InChI=1S/C20H21Cl2N5/c21-14-3-1-13(2-4-14)11-24-18-15-5-6-20(7-9-23-10-8-20)17(15)26-19-16(22)12-25-27(18)19/h1-4,12,23-24H,5-11H2. The topological polar surface area (TPSA) is 54.2 Å². The first-order chi connectivity index (χ1) is 13.2. The van der Waals surface area contributed by atoms with E-state index in [1.165, 1.54) is 16.8 Å². The van der Waals surface area contributed by atoms with Gasteiger partial charge in [0.25, 0.3) is 0 Å². The maximum atomic E-state index is 6.41. The highest BCUT2D eigenvalue weighted by Crippen LogP contribution is 2.46. The van der Waals surface area contributed by atoms with E-state index in [9.17, 15) is 0 Å². The number of halogens is 2. The summed E-state index contributed by atoms with van der Waals surface area (Å²) in [6.07, 6.45) is 6.12. The van der Waals surface area contributed by atoms with Crippen LogP contribution in [0.4, 0.5) is 5.82 Å². The van der Waals surface area contributed by atoms with Crippen molar-refractivity contribution in [2.24, 2.45) is 0 Å². The first-order valence-electron chi connectivity index (χ1n) is 9.42. The summed E-state index contributed by atoms with van der Waals surface area (Å²) >= 11 is 12.4. The molecule has 2 aliphatic rings. The maximum absolute atomic E-state index is 6.41. The van der Waals surface area contributed by atoms with Crippen molar-refractivity contribution in [2.75, 3.05) is 18.4 Å². The number of aromatic nitrogens is 3. The predicted molar refractivity (Wildman–Crippen MR) is 109 cm³/mol. The number of piperidine rings is 1. The number of rotatable bonds is 3. The average Bonchev–Trinajstić information content (AvgIpc) is 3.23. The highest BCUT2D eigenvalue weighted by atomic mass is 35.5. The van der Waals surface area contributed by atoms with Gasteiger partial charge in [-0.1, -0.05) is 35.3 Å². The number of fused-ring (bicyclic) bond motifs is 3. The Kier molecular flexibility index (Phi) is 4.26. The van der Waals surface area contributed by atoms with E-state index in [4.69, 9.17) is 28.2 Å². The SMILES string of the molecule is Clc1ccc(CNc2c3c(nc4c(Cl)cnn24)C2(CCNCC2)CC3)cc1. The number of hydrogen-bond donors (Lipinski definition) is 2. The average molecular weight is 402 g/mol. The molecule has 1 aromatic carbocycles. The van der Waals surface area contributed by atoms with Crippen molar-refractivity contribution in [1.82, 2.24) is 19.9 Å². The third-order valence-electron chi connectivity index (χ3n) is 5.99. The highest BCUT2D eigenvalue weighted by molar-refractivity contribution is 6.33. The van der Waals surface area contributed by atoms with Crippen LogP contribution in [0.5, 0.6) is 0 Å². The van der Waals surface area contributed by atoms with Crippen molar-refractivity contribution < 1.29 is 0 Å². The van der Waals surface area contributed by atoms with E-state index in [0.717, 1.165) is 55.3 Å². The molecule has 1 aliphatic carbocycles. The van der Waals surface area contributed by atoms with Gasteiger partial charge in [-0.15, -0.1) is 0 Å². The molecule has 3 aromatic rings. The van der Waals surface area contributed by atoms with Gasteiger partial charge in [0.1, 0.15) is 10.8 Å². The van der Waals surface area contributed by atoms with Crippen molar-refractivity contribution in [3.05, 3.63) is 57.3 Å². The zero-order chi connectivity index (χ0) is 18.4. The molecule has 27 heavy (non-hydrogen) atoms. The summed E-state index contributed by atoms with van der Waals surface area (Å²) in [5, 5.41) is 12.9. The molecule has 0 unspecified atom stereocenters. The number of nitrogens with one attached hydrogen (secondary N) is 2. The van der Waals surface area contributed by atoms with Crippen LogP contribution in [0.1, 0.15) is 36.1 Å². The lowest BCUT2D eigenvalue weighted by atomic mass is 9.77. The fourth-order valence-electron chi connectivity index (χ4n) is 4.52.